The maximum absolute atomic E-state index is 9.70. The highest BCUT2D eigenvalue weighted by molar-refractivity contribution is 9.25. The summed E-state index contributed by atoms with van der Waals surface area (Å²) < 4.78 is -0.271. The largest absolute Gasteiger partial charge is 0.508 e. The number of alkyl halides is 2. The van der Waals surface area contributed by atoms with Crippen molar-refractivity contribution in [3.05, 3.63) is 102 Å². The van der Waals surface area contributed by atoms with Gasteiger partial charge in [0, 0.05) is 5.92 Å². The molecule has 0 bridgehead atoms. The van der Waals surface area contributed by atoms with Gasteiger partial charge in [-0.2, -0.15) is 0 Å². The summed E-state index contributed by atoms with van der Waals surface area (Å²) in [5.74, 6) is 0.534. The second kappa shape index (κ2) is 5.75. The summed E-state index contributed by atoms with van der Waals surface area (Å²) in [5.41, 5.74) is 3.47. The summed E-state index contributed by atoms with van der Waals surface area (Å²) >= 11 is 7.92. The van der Waals surface area contributed by atoms with Crippen LogP contribution in [0.3, 0.4) is 0 Å². The van der Waals surface area contributed by atoms with E-state index in [4.69, 9.17) is 0 Å². The molecule has 4 rings (SSSR count). The molecular formula is C21H16Br2O. The van der Waals surface area contributed by atoms with Gasteiger partial charge < -0.3 is 5.11 Å². The zero-order valence-corrected chi connectivity index (χ0v) is 16.0. The molecule has 0 saturated heterocycles. The maximum Gasteiger partial charge on any atom is 0.115 e. The third kappa shape index (κ3) is 2.18. The van der Waals surface area contributed by atoms with Crippen molar-refractivity contribution in [1.82, 2.24) is 0 Å². The van der Waals surface area contributed by atoms with E-state index in [-0.39, 0.29) is 20.3 Å². The third-order valence-corrected chi connectivity index (χ3v) is 7.09. The smallest absolute Gasteiger partial charge is 0.115 e. The number of hydrogen-bond acceptors (Lipinski definition) is 1. The molecule has 24 heavy (non-hydrogen) atoms. The average Bonchev–Trinajstić information content (AvgIpc) is 3.14. The predicted molar refractivity (Wildman–Crippen MR) is 105 cm³/mol. The Morgan fingerprint density at radius 2 is 1.17 bits per heavy atom. The van der Waals surface area contributed by atoms with Crippen LogP contribution in [0.1, 0.15) is 22.6 Å². The standard InChI is InChI=1S/C21H16Br2O/c22-21(23)19(15-7-3-1-4-8-15)20(21,16-9-5-2-6-10-16)17-11-13-18(24)14-12-17/h1-14,19,24H/t19-,20+/m1/s1. The van der Waals surface area contributed by atoms with Gasteiger partial charge in [-0.15, -0.1) is 0 Å². The normalized spacial score (nSPS) is 24.5. The number of benzene rings is 3. The van der Waals surface area contributed by atoms with Crippen LogP contribution < -0.4 is 0 Å². The number of hydrogen-bond donors (Lipinski definition) is 1. The zero-order valence-electron chi connectivity index (χ0n) is 12.9. The van der Waals surface area contributed by atoms with Crippen LogP contribution in [0.15, 0.2) is 84.9 Å². The van der Waals surface area contributed by atoms with Gasteiger partial charge in [-0.3, -0.25) is 0 Å². The fraction of sp³-hybridized carbons (Fsp3) is 0.143. The third-order valence-electron chi connectivity index (χ3n) is 4.92. The van der Waals surface area contributed by atoms with Crippen LogP contribution in [0, 0.1) is 0 Å². The fourth-order valence-electron chi connectivity index (χ4n) is 3.82. The van der Waals surface area contributed by atoms with Crippen LogP contribution in [0.2, 0.25) is 0 Å². The lowest BCUT2D eigenvalue weighted by Gasteiger charge is -2.21. The summed E-state index contributed by atoms with van der Waals surface area (Å²) in [6.45, 7) is 0. The Bertz CT molecular complexity index is 844. The van der Waals surface area contributed by atoms with Gasteiger partial charge in [0.1, 0.15) is 8.98 Å². The minimum absolute atomic E-state index is 0.233. The van der Waals surface area contributed by atoms with E-state index in [0.29, 0.717) is 0 Å². The Labute approximate surface area is 158 Å². The summed E-state index contributed by atoms with van der Waals surface area (Å²) in [5, 5.41) is 9.70. The van der Waals surface area contributed by atoms with E-state index in [0.717, 1.165) is 0 Å². The maximum atomic E-state index is 9.70. The van der Waals surface area contributed by atoms with Crippen LogP contribution >= 0.6 is 31.9 Å². The van der Waals surface area contributed by atoms with Gasteiger partial charge >= 0.3 is 0 Å². The van der Waals surface area contributed by atoms with Gasteiger partial charge in [-0.25, -0.2) is 0 Å². The van der Waals surface area contributed by atoms with Gasteiger partial charge in [-0.1, -0.05) is 105 Å². The van der Waals surface area contributed by atoms with Gasteiger partial charge in [0.15, 0.2) is 0 Å². The van der Waals surface area contributed by atoms with E-state index in [1.807, 2.05) is 24.3 Å². The Balaban J connectivity index is 1.95. The van der Waals surface area contributed by atoms with Crippen molar-refractivity contribution in [2.24, 2.45) is 0 Å². The number of rotatable bonds is 3. The van der Waals surface area contributed by atoms with E-state index < -0.39 is 0 Å². The van der Waals surface area contributed by atoms with Crippen molar-refractivity contribution < 1.29 is 5.11 Å². The highest BCUT2D eigenvalue weighted by Gasteiger charge is 2.76. The molecule has 2 atom stereocenters. The first-order valence-corrected chi connectivity index (χ1v) is 9.45. The van der Waals surface area contributed by atoms with Crippen molar-refractivity contribution in [3.63, 3.8) is 0 Å². The first kappa shape index (κ1) is 15.9. The van der Waals surface area contributed by atoms with Crippen molar-refractivity contribution >= 4 is 31.9 Å². The SMILES string of the molecule is Oc1ccc([C@@]2(c3ccccc3)[C@@H](c3ccccc3)C2(Br)Br)cc1. The molecule has 0 spiro atoms. The molecule has 0 aliphatic heterocycles. The van der Waals surface area contributed by atoms with E-state index in [9.17, 15) is 5.11 Å². The first-order chi connectivity index (χ1) is 11.6. The second-order valence-corrected chi connectivity index (χ2v) is 9.75. The molecule has 1 fully saturated rings. The minimum Gasteiger partial charge on any atom is -0.508 e. The first-order valence-electron chi connectivity index (χ1n) is 7.86. The molecule has 0 unspecified atom stereocenters. The van der Waals surface area contributed by atoms with Crippen LogP contribution in [-0.2, 0) is 5.41 Å². The topological polar surface area (TPSA) is 20.2 Å². The molecule has 0 heterocycles. The Morgan fingerprint density at radius 3 is 1.75 bits per heavy atom. The van der Waals surface area contributed by atoms with Crippen molar-refractivity contribution in [2.75, 3.05) is 0 Å². The van der Waals surface area contributed by atoms with Crippen LogP contribution in [0.5, 0.6) is 5.75 Å². The Kier molecular flexibility index (Phi) is 3.81. The molecule has 1 saturated carbocycles. The summed E-state index contributed by atoms with van der Waals surface area (Å²) in [6, 6.07) is 28.6. The van der Waals surface area contributed by atoms with Crippen molar-refractivity contribution in [1.29, 1.82) is 0 Å². The number of halogens is 2. The zero-order chi connectivity index (χ0) is 16.8. The molecule has 3 aromatic rings. The number of aromatic hydroxyl groups is 1. The van der Waals surface area contributed by atoms with Gasteiger partial charge in [-0.05, 0) is 28.8 Å². The molecule has 3 heteroatoms. The molecule has 3 aromatic carbocycles. The Hall–Kier alpha value is -1.58. The highest BCUT2D eigenvalue weighted by Crippen LogP contribution is 2.78. The van der Waals surface area contributed by atoms with Gasteiger partial charge in [0.2, 0.25) is 0 Å². The average molecular weight is 444 g/mol. The number of phenols is 1. The fourth-order valence-corrected chi connectivity index (χ4v) is 6.18. The molecule has 1 N–H and O–H groups in total. The van der Waals surface area contributed by atoms with Crippen LogP contribution in [0.25, 0.3) is 0 Å². The lowest BCUT2D eigenvalue weighted by atomic mass is 9.84. The molecular weight excluding hydrogens is 428 g/mol. The predicted octanol–water partition coefficient (Wildman–Crippen LogP) is 5.96. The Morgan fingerprint density at radius 1 is 0.667 bits per heavy atom. The molecule has 1 aliphatic rings. The lowest BCUT2D eigenvalue weighted by Crippen LogP contribution is -2.16. The molecule has 120 valence electrons. The second-order valence-electron chi connectivity index (χ2n) is 6.19. The molecule has 0 aromatic heterocycles. The van der Waals surface area contributed by atoms with Crippen molar-refractivity contribution in [3.8, 4) is 5.75 Å². The van der Waals surface area contributed by atoms with Gasteiger partial charge in [0.05, 0.1) is 5.41 Å². The minimum atomic E-state index is -0.271. The summed E-state index contributed by atoms with van der Waals surface area (Å²) in [6.07, 6.45) is 0. The molecule has 1 nitrogen and oxygen atoms in total. The van der Waals surface area contributed by atoms with E-state index in [1.165, 1.54) is 16.7 Å². The molecule has 0 amide bonds. The quantitative estimate of drug-likeness (QED) is 0.495. The monoisotopic (exact) mass is 442 g/mol. The molecule has 0 radical (unpaired) electrons. The summed E-state index contributed by atoms with van der Waals surface area (Å²) in [7, 11) is 0. The summed E-state index contributed by atoms with van der Waals surface area (Å²) in [4.78, 5) is 0. The molecule has 1 aliphatic carbocycles. The number of phenolic OH excluding ortho intramolecular Hbond substituents is 1. The van der Waals surface area contributed by atoms with E-state index in [2.05, 4.69) is 80.4 Å². The van der Waals surface area contributed by atoms with Crippen molar-refractivity contribution in [2.45, 2.75) is 14.6 Å². The van der Waals surface area contributed by atoms with Crippen LogP contribution in [0.4, 0.5) is 0 Å². The van der Waals surface area contributed by atoms with Crippen LogP contribution in [-0.4, -0.2) is 8.34 Å². The highest BCUT2D eigenvalue weighted by atomic mass is 79.9. The van der Waals surface area contributed by atoms with E-state index in [1.54, 1.807) is 12.1 Å². The lowest BCUT2D eigenvalue weighted by molar-refractivity contribution is 0.475. The van der Waals surface area contributed by atoms with Gasteiger partial charge in [0.25, 0.3) is 0 Å². The van der Waals surface area contributed by atoms with E-state index >= 15 is 0 Å².